The van der Waals surface area contributed by atoms with Crippen molar-refractivity contribution in [3.63, 3.8) is 0 Å². The lowest BCUT2D eigenvalue weighted by atomic mass is 10.1. The van der Waals surface area contributed by atoms with Crippen LogP contribution in [0.3, 0.4) is 0 Å². The lowest BCUT2D eigenvalue weighted by Gasteiger charge is -2.15. The van der Waals surface area contributed by atoms with Gasteiger partial charge in [-0.1, -0.05) is 18.2 Å². The third-order valence-corrected chi connectivity index (χ3v) is 4.39. The van der Waals surface area contributed by atoms with Crippen LogP contribution in [0.15, 0.2) is 42.5 Å². The van der Waals surface area contributed by atoms with E-state index in [-0.39, 0.29) is 11.9 Å². The molecule has 0 saturated carbocycles. The van der Waals surface area contributed by atoms with E-state index in [9.17, 15) is 4.79 Å². The number of aromatic nitrogens is 2. The zero-order chi connectivity index (χ0) is 16.0. The van der Waals surface area contributed by atoms with Gasteiger partial charge in [-0.05, 0) is 36.8 Å². The van der Waals surface area contributed by atoms with Gasteiger partial charge in [0.25, 0.3) is 5.91 Å². The maximum Gasteiger partial charge on any atom is 0.251 e. The number of amides is 1. The van der Waals surface area contributed by atoms with Gasteiger partial charge in [-0.3, -0.25) is 4.79 Å². The molecule has 2 N–H and O–H groups in total. The molecule has 23 heavy (non-hydrogen) atoms. The van der Waals surface area contributed by atoms with Crippen molar-refractivity contribution in [2.75, 3.05) is 5.32 Å². The van der Waals surface area contributed by atoms with E-state index in [0.29, 0.717) is 6.54 Å². The molecule has 1 atom stereocenters. The minimum atomic E-state index is -0.000895. The Morgan fingerprint density at radius 3 is 2.91 bits per heavy atom. The predicted octanol–water partition coefficient (Wildman–Crippen LogP) is 2.99. The molecule has 0 radical (unpaired) electrons. The van der Waals surface area contributed by atoms with Crippen molar-refractivity contribution in [3.8, 4) is 0 Å². The summed E-state index contributed by atoms with van der Waals surface area (Å²) >= 11 is 0. The van der Waals surface area contributed by atoms with Gasteiger partial charge in [0, 0.05) is 24.8 Å². The first-order valence-corrected chi connectivity index (χ1v) is 7.72. The molecular weight excluding hydrogens is 288 g/mol. The fourth-order valence-corrected chi connectivity index (χ4v) is 3.17. The van der Waals surface area contributed by atoms with Gasteiger partial charge in [0.1, 0.15) is 5.82 Å². The molecule has 1 aliphatic rings. The number of benzene rings is 2. The van der Waals surface area contributed by atoms with Crippen LogP contribution in [0.2, 0.25) is 0 Å². The molecular formula is C18H18N4O. The molecule has 2 aromatic carbocycles. The molecule has 4 rings (SSSR count). The SMILES string of the molecule is C[C@H](Nc1ccc2c(c1)C(=O)NC2)c1nc2ccccc2n1C. The van der Waals surface area contributed by atoms with Crippen molar-refractivity contribution in [1.29, 1.82) is 0 Å². The summed E-state index contributed by atoms with van der Waals surface area (Å²) in [5.41, 5.74) is 4.85. The van der Waals surface area contributed by atoms with Crippen molar-refractivity contribution in [3.05, 3.63) is 59.4 Å². The van der Waals surface area contributed by atoms with Crippen LogP contribution in [-0.2, 0) is 13.6 Å². The van der Waals surface area contributed by atoms with E-state index in [1.54, 1.807) is 0 Å². The summed E-state index contributed by atoms with van der Waals surface area (Å²) in [6, 6.07) is 14.1. The number of rotatable bonds is 3. The van der Waals surface area contributed by atoms with E-state index in [2.05, 4.69) is 28.2 Å². The number of para-hydroxylation sites is 2. The number of carbonyl (C=O) groups excluding carboxylic acids is 1. The molecule has 0 bridgehead atoms. The van der Waals surface area contributed by atoms with Crippen molar-refractivity contribution in [2.45, 2.75) is 19.5 Å². The van der Waals surface area contributed by atoms with Crippen LogP contribution >= 0.6 is 0 Å². The molecule has 1 aliphatic heterocycles. The fourth-order valence-electron chi connectivity index (χ4n) is 3.17. The van der Waals surface area contributed by atoms with Gasteiger partial charge in [-0.15, -0.1) is 0 Å². The number of imidazole rings is 1. The summed E-state index contributed by atoms with van der Waals surface area (Å²) in [5, 5.41) is 6.29. The average molecular weight is 306 g/mol. The van der Waals surface area contributed by atoms with E-state index in [0.717, 1.165) is 33.7 Å². The summed E-state index contributed by atoms with van der Waals surface area (Å²) in [4.78, 5) is 16.5. The maximum absolute atomic E-state index is 11.8. The van der Waals surface area contributed by atoms with E-state index >= 15 is 0 Å². The van der Waals surface area contributed by atoms with Gasteiger partial charge >= 0.3 is 0 Å². The fraction of sp³-hybridized carbons (Fsp3) is 0.222. The first-order valence-electron chi connectivity index (χ1n) is 7.72. The van der Waals surface area contributed by atoms with Gasteiger partial charge < -0.3 is 15.2 Å². The highest BCUT2D eigenvalue weighted by Crippen LogP contribution is 2.25. The molecule has 116 valence electrons. The Balaban J connectivity index is 1.64. The lowest BCUT2D eigenvalue weighted by molar-refractivity contribution is 0.0966. The molecule has 5 nitrogen and oxygen atoms in total. The number of nitrogens with zero attached hydrogens (tertiary/aromatic N) is 2. The molecule has 0 saturated heterocycles. The number of fused-ring (bicyclic) bond motifs is 2. The molecule has 0 spiro atoms. The number of nitrogens with one attached hydrogen (secondary N) is 2. The van der Waals surface area contributed by atoms with Crippen molar-refractivity contribution < 1.29 is 4.79 Å². The summed E-state index contributed by atoms with van der Waals surface area (Å²) in [6.07, 6.45) is 0. The summed E-state index contributed by atoms with van der Waals surface area (Å²) < 4.78 is 2.10. The number of aryl methyl sites for hydroxylation is 1. The van der Waals surface area contributed by atoms with Crippen molar-refractivity contribution in [2.24, 2.45) is 7.05 Å². The minimum absolute atomic E-state index is 0.000895. The largest absolute Gasteiger partial charge is 0.375 e. The van der Waals surface area contributed by atoms with Crippen LogP contribution in [-0.4, -0.2) is 15.5 Å². The highest BCUT2D eigenvalue weighted by Gasteiger charge is 2.20. The van der Waals surface area contributed by atoms with Gasteiger partial charge in [0.2, 0.25) is 0 Å². The Morgan fingerprint density at radius 2 is 2.09 bits per heavy atom. The molecule has 1 aromatic heterocycles. The second kappa shape index (κ2) is 5.12. The number of anilines is 1. The third-order valence-electron chi connectivity index (χ3n) is 4.39. The van der Waals surface area contributed by atoms with E-state index in [1.807, 2.05) is 43.4 Å². The first kappa shape index (κ1) is 13.8. The maximum atomic E-state index is 11.8. The monoisotopic (exact) mass is 306 g/mol. The number of hydrogen-bond acceptors (Lipinski definition) is 3. The standard InChI is InChI=1S/C18H18N4O/c1-11(17-21-15-5-3-4-6-16(15)22(17)2)20-13-8-7-12-10-19-18(23)14(12)9-13/h3-9,11,20H,10H2,1-2H3,(H,19,23)/t11-/m0/s1. The number of hydrogen-bond donors (Lipinski definition) is 2. The Bertz CT molecular complexity index is 913. The zero-order valence-corrected chi connectivity index (χ0v) is 13.1. The molecule has 0 aliphatic carbocycles. The van der Waals surface area contributed by atoms with Crippen LogP contribution in [0.1, 0.15) is 34.7 Å². The number of carbonyl (C=O) groups is 1. The van der Waals surface area contributed by atoms with Crippen LogP contribution in [0.5, 0.6) is 0 Å². The summed E-state index contributed by atoms with van der Waals surface area (Å²) in [7, 11) is 2.03. The molecule has 0 unspecified atom stereocenters. The molecule has 5 heteroatoms. The van der Waals surface area contributed by atoms with Crippen LogP contribution in [0, 0.1) is 0 Å². The third kappa shape index (κ3) is 2.25. The smallest absolute Gasteiger partial charge is 0.251 e. The Kier molecular flexibility index (Phi) is 3.08. The normalized spacial score (nSPS) is 14.6. The molecule has 0 fully saturated rings. The van der Waals surface area contributed by atoms with Gasteiger partial charge in [0.05, 0.1) is 17.1 Å². The van der Waals surface area contributed by atoms with Crippen molar-refractivity contribution >= 4 is 22.6 Å². The second-order valence-electron chi connectivity index (χ2n) is 5.94. The molecule has 2 heterocycles. The lowest BCUT2D eigenvalue weighted by Crippen LogP contribution is -2.13. The Hall–Kier alpha value is -2.82. The minimum Gasteiger partial charge on any atom is -0.375 e. The van der Waals surface area contributed by atoms with Crippen LogP contribution in [0.4, 0.5) is 5.69 Å². The Morgan fingerprint density at radius 1 is 1.26 bits per heavy atom. The Labute approximate surface area is 134 Å². The van der Waals surface area contributed by atoms with E-state index < -0.39 is 0 Å². The van der Waals surface area contributed by atoms with E-state index in [1.165, 1.54) is 0 Å². The first-order chi connectivity index (χ1) is 11.1. The van der Waals surface area contributed by atoms with Gasteiger partial charge in [-0.25, -0.2) is 4.98 Å². The summed E-state index contributed by atoms with van der Waals surface area (Å²) in [6.45, 7) is 2.70. The van der Waals surface area contributed by atoms with Crippen LogP contribution < -0.4 is 10.6 Å². The molecule has 1 amide bonds. The quantitative estimate of drug-likeness (QED) is 0.782. The topological polar surface area (TPSA) is 59.0 Å². The van der Waals surface area contributed by atoms with Gasteiger partial charge in [0.15, 0.2) is 0 Å². The highest BCUT2D eigenvalue weighted by molar-refractivity contribution is 5.99. The van der Waals surface area contributed by atoms with Crippen LogP contribution in [0.25, 0.3) is 11.0 Å². The van der Waals surface area contributed by atoms with Crippen molar-refractivity contribution in [1.82, 2.24) is 14.9 Å². The zero-order valence-electron chi connectivity index (χ0n) is 13.1. The summed E-state index contributed by atoms with van der Waals surface area (Å²) in [5.74, 6) is 0.968. The predicted molar refractivity (Wildman–Crippen MR) is 90.4 cm³/mol. The molecule has 3 aromatic rings. The average Bonchev–Trinajstić information content (AvgIpc) is 3.09. The second-order valence-corrected chi connectivity index (χ2v) is 5.94. The highest BCUT2D eigenvalue weighted by atomic mass is 16.1. The van der Waals surface area contributed by atoms with E-state index in [4.69, 9.17) is 4.98 Å². The van der Waals surface area contributed by atoms with Gasteiger partial charge in [-0.2, -0.15) is 0 Å².